The molecule has 0 radical (unpaired) electrons. The van der Waals surface area contributed by atoms with E-state index in [1.165, 1.54) is 12.0 Å². The van der Waals surface area contributed by atoms with Gasteiger partial charge in [0.25, 0.3) is 0 Å². The van der Waals surface area contributed by atoms with Crippen LogP contribution in [0.4, 0.5) is 5.69 Å². The zero-order chi connectivity index (χ0) is 29.0. The molecule has 1 aromatic heterocycles. The topological polar surface area (TPSA) is 103 Å². The molecule has 2 heterocycles. The van der Waals surface area contributed by atoms with E-state index in [9.17, 15) is 19.2 Å². The summed E-state index contributed by atoms with van der Waals surface area (Å²) in [6.07, 6.45) is 3.01. The van der Waals surface area contributed by atoms with E-state index in [1.54, 1.807) is 66.7 Å². The molecular weight excluding hydrogens is 532 g/mol. The van der Waals surface area contributed by atoms with Crippen LogP contribution in [0.3, 0.4) is 0 Å². The first-order valence-corrected chi connectivity index (χ1v) is 14.2. The van der Waals surface area contributed by atoms with Crippen LogP contribution in [0.5, 0.6) is 5.75 Å². The van der Waals surface area contributed by atoms with Crippen molar-refractivity contribution in [3.8, 4) is 17.0 Å². The largest absolute Gasteiger partial charge is 0.497 e. The van der Waals surface area contributed by atoms with Crippen LogP contribution >= 0.6 is 0 Å². The normalized spacial score (nSPS) is 22.5. The number of anilines is 1. The van der Waals surface area contributed by atoms with Crippen molar-refractivity contribution >= 4 is 40.2 Å². The number of carbonyl (C=O) groups excluding carboxylic acids is 4. The molecule has 3 aromatic carbocycles. The van der Waals surface area contributed by atoms with Gasteiger partial charge >= 0.3 is 5.97 Å². The molecule has 210 valence electrons. The second-order valence-electron chi connectivity index (χ2n) is 11.3. The van der Waals surface area contributed by atoms with Crippen molar-refractivity contribution in [2.24, 2.45) is 23.7 Å². The SMILES string of the molecule is COc1cccc(C(=O)COC(=O)c2cc(-c3cccc(N4C(=O)[C@H]5[C@@H]6CC[C@@H](C6)[C@@H]5C4=O)c3)nc3ccccc23)c1. The standard InChI is InChI=1S/C34H28N2O6/c1-41-24-9-5-7-20(16-24)29(37)18-42-34(40)26-17-28(35-27-11-3-2-10-25(26)27)19-6-4-8-23(15-19)36-32(38)30-21-12-13-22(14-21)31(30)33(36)39/h2-11,15-17,21-22,30-31H,12-14,18H2,1H3/t21-,22+,30-,31-/m0/s1. The number of carbonyl (C=O) groups is 4. The number of imide groups is 1. The lowest BCUT2D eigenvalue weighted by molar-refractivity contribution is -0.123. The number of esters is 1. The van der Waals surface area contributed by atoms with Gasteiger partial charge < -0.3 is 9.47 Å². The zero-order valence-corrected chi connectivity index (χ0v) is 23.0. The highest BCUT2D eigenvalue weighted by Crippen LogP contribution is 2.56. The summed E-state index contributed by atoms with van der Waals surface area (Å²) >= 11 is 0. The fraction of sp³-hybridized carbons (Fsp3) is 0.265. The number of Topliss-reactive ketones (excluding diaryl/α,β-unsaturated/α-hetero) is 1. The van der Waals surface area contributed by atoms with Crippen LogP contribution in [0.2, 0.25) is 0 Å². The van der Waals surface area contributed by atoms with Crippen molar-refractivity contribution in [1.82, 2.24) is 4.98 Å². The van der Waals surface area contributed by atoms with Gasteiger partial charge in [0, 0.05) is 16.5 Å². The predicted molar refractivity (Wildman–Crippen MR) is 155 cm³/mol. The molecule has 2 saturated carbocycles. The molecule has 2 aliphatic carbocycles. The maximum absolute atomic E-state index is 13.4. The number of pyridine rings is 1. The molecule has 0 spiro atoms. The number of para-hydroxylation sites is 1. The Hall–Kier alpha value is -4.85. The van der Waals surface area contributed by atoms with E-state index in [0.29, 0.717) is 51.0 Å². The van der Waals surface area contributed by atoms with E-state index < -0.39 is 12.6 Å². The zero-order valence-electron chi connectivity index (χ0n) is 23.0. The Labute approximate surface area is 242 Å². The number of aromatic nitrogens is 1. The number of ether oxygens (including phenoxy) is 2. The van der Waals surface area contributed by atoms with E-state index in [4.69, 9.17) is 14.5 Å². The fourth-order valence-corrected chi connectivity index (χ4v) is 7.05. The monoisotopic (exact) mass is 560 g/mol. The number of hydrogen-bond acceptors (Lipinski definition) is 7. The highest BCUT2D eigenvalue weighted by atomic mass is 16.5. The third kappa shape index (κ3) is 4.26. The minimum Gasteiger partial charge on any atom is -0.497 e. The molecule has 3 fully saturated rings. The van der Waals surface area contributed by atoms with Crippen LogP contribution in [0.25, 0.3) is 22.2 Å². The highest BCUT2D eigenvalue weighted by molar-refractivity contribution is 6.22. The summed E-state index contributed by atoms with van der Waals surface area (Å²) in [7, 11) is 1.51. The van der Waals surface area contributed by atoms with Crippen molar-refractivity contribution in [1.29, 1.82) is 0 Å². The number of nitrogens with zero attached hydrogens (tertiary/aromatic N) is 2. The smallest absolute Gasteiger partial charge is 0.339 e. The van der Waals surface area contributed by atoms with Gasteiger partial charge in [-0.3, -0.25) is 19.3 Å². The van der Waals surface area contributed by atoms with Gasteiger partial charge in [-0.2, -0.15) is 0 Å². The third-order valence-electron chi connectivity index (χ3n) is 8.99. The van der Waals surface area contributed by atoms with E-state index in [-0.39, 0.29) is 35.0 Å². The Morgan fingerprint density at radius 1 is 0.881 bits per heavy atom. The molecule has 0 unspecified atom stereocenters. The van der Waals surface area contributed by atoms with E-state index in [1.807, 2.05) is 12.1 Å². The molecule has 4 aromatic rings. The summed E-state index contributed by atoms with van der Waals surface area (Å²) in [6.45, 7) is -0.434. The molecule has 0 N–H and O–H groups in total. The summed E-state index contributed by atoms with van der Waals surface area (Å²) < 4.78 is 10.6. The Morgan fingerprint density at radius 3 is 2.38 bits per heavy atom. The molecule has 2 amide bonds. The summed E-state index contributed by atoms with van der Waals surface area (Å²) in [5.74, 6) is -0.502. The number of ketones is 1. The van der Waals surface area contributed by atoms with Crippen LogP contribution in [-0.2, 0) is 14.3 Å². The second kappa shape index (κ2) is 10.2. The molecule has 8 nitrogen and oxygen atoms in total. The molecular formula is C34H28N2O6. The van der Waals surface area contributed by atoms with Crippen LogP contribution in [-0.4, -0.2) is 42.3 Å². The molecule has 1 aliphatic heterocycles. The lowest BCUT2D eigenvalue weighted by atomic mass is 9.81. The summed E-state index contributed by atoms with van der Waals surface area (Å²) in [6, 6.07) is 22.6. The summed E-state index contributed by atoms with van der Waals surface area (Å²) in [5.41, 5.74) is 2.87. The van der Waals surface area contributed by atoms with Crippen molar-refractivity contribution in [2.45, 2.75) is 19.3 Å². The number of methoxy groups -OCH3 is 1. The van der Waals surface area contributed by atoms with Crippen molar-refractivity contribution in [3.05, 3.63) is 90.0 Å². The molecule has 2 bridgehead atoms. The first-order valence-electron chi connectivity index (χ1n) is 14.2. The summed E-state index contributed by atoms with van der Waals surface area (Å²) in [4.78, 5) is 59.0. The summed E-state index contributed by atoms with van der Waals surface area (Å²) in [5, 5.41) is 0.587. The highest BCUT2D eigenvalue weighted by Gasteiger charge is 2.61. The van der Waals surface area contributed by atoms with Gasteiger partial charge in [0.2, 0.25) is 11.8 Å². The van der Waals surface area contributed by atoms with Gasteiger partial charge in [0.05, 0.1) is 41.4 Å². The number of rotatable bonds is 7. The molecule has 1 saturated heterocycles. The quantitative estimate of drug-likeness (QED) is 0.167. The Kier molecular flexibility index (Phi) is 6.34. The van der Waals surface area contributed by atoms with Crippen molar-refractivity contribution in [2.75, 3.05) is 18.6 Å². The van der Waals surface area contributed by atoms with Gasteiger partial charge in [-0.25, -0.2) is 9.78 Å². The maximum atomic E-state index is 13.4. The molecule has 7 rings (SSSR count). The molecule has 42 heavy (non-hydrogen) atoms. The van der Waals surface area contributed by atoms with E-state index in [0.717, 1.165) is 19.3 Å². The first-order chi connectivity index (χ1) is 20.4. The van der Waals surface area contributed by atoms with Gasteiger partial charge in [-0.15, -0.1) is 0 Å². The van der Waals surface area contributed by atoms with Crippen LogP contribution in [0, 0.1) is 23.7 Å². The molecule has 8 heteroatoms. The Bertz CT molecular complexity index is 1750. The number of amides is 2. The Balaban J connectivity index is 1.18. The maximum Gasteiger partial charge on any atom is 0.339 e. The predicted octanol–water partition coefficient (Wildman–Crippen LogP) is 5.49. The minimum absolute atomic E-state index is 0.106. The average Bonchev–Trinajstić information content (AvgIpc) is 3.72. The van der Waals surface area contributed by atoms with Gasteiger partial charge in [-0.1, -0.05) is 42.5 Å². The third-order valence-corrected chi connectivity index (χ3v) is 8.99. The van der Waals surface area contributed by atoms with Gasteiger partial charge in [0.15, 0.2) is 12.4 Å². The molecule has 3 aliphatic rings. The van der Waals surface area contributed by atoms with Gasteiger partial charge in [0.1, 0.15) is 5.75 Å². The Morgan fingerprint density at radius 2 is 1.62 bits per heavy atom. The lowest BCUT2D eigenvalue weighted by Gasteiger charge is -2.19. The number of fused-ring (bicyclic) bond motifs is 6. The van der Waals surface area contributed by atoms with Crippen molar-refractivity contribution < 1.29 is 28.7 Å². The molecule has 4 atom stereocenters. The van der Waals surface area contributed by atoms with Crippen molar-refractivity contribution in [3.63, 3.8) is 0 Å². The first kappa shape index (κ1) is 26.1. The second-order valence-corrected chi connectivity index (χ2v) is 11.3. The number of benzene rings is 3. The van der Waals surface area contributed by atoms with E-state index in [2.05, 4.69) is 0 Å². The average molecular weight is 561 g/mol. The number of hydrogen-bond donors (Lipinski definition) is 0. The fourth-order valence-electron chi connectivity index (χ4n) is 7.05. The lowest BCUT2D eigenvalue weighted by Crippen LogP contribution is -2.32. The van der Waals surface area contributed by atoms with Crippen LogP contribution < -0.4 is 9.64 Å². The van der Waals surface area contributed by atoms with Gasteiger partial charge in [-0.05, 0) is 67.5 Å². The van der Waals surface area contributed by atoms with Crippen LogP contribution in [0.15, 0.2) is 78.9 Å². The minimum atomic E-state index is -0.657. The van der Waals surface area contributed by atoms with Crippen LogP contribution in [0.1, 0.15) is 40.0 Å². The van der Waals surface area contributed by atoms with E-state index >= 15 is 0 Å².